The number of aromatic nitrogens is 2. The number of hydrogen-bond acceptors (Lipinski definition) is 5. The van der Waals surface area contributed by atoms with Crippen LogP contribution in [-0.4, -0.2) is 27.2 Å². The summed E-state index contributed by atoms with van der Waals surface area (Å²) in [4.78, 5) is 7.91. The first-order valence-corrected chi connectivity index (χ1v) is 6.42. The minimum Gasteiger partial charge on any atom is -0.388 e. The van der Waals surface area contributed by atoms with Crippen molar-refractivity contribution in [1.29, 1.82) is 0 Å². The van der Waals surface area contributed by atoms with E-state index in [0.717, 1.165) is 25.7 Å². The van der Waals surface area contributed by atoms with Crippen molar-refractivity contribution in [2.75, 3.05) is 17.6 Å². The van der Waals surface area contributed by atoms with Crippen molar-refractivity contribution in [3.63, 3.8) is 0 Å². The van der Waals surface area contributed by atoms with Crippen LogP contribution in [0.4, 0.5) is 11.6 Å². The molecule has 1 aliphatic carbocycles. The SMILES string of the molecule is CC1(C)CCC(O)(CNc2cc(N)ncn2)CC1. The molecule has 0 saturated heterocycles. The Bertz CT molecular complexity index is 409. The van der Waals surface area contributed by atoms with Crippen LogP contribution in [0.2, 0.25) is 0 Å². The minimum atomic E-state index is -0.630. The van der Waals surface area contributed by atoms with E-state index >= 15 is 0 Å². The van der Waals surface area contributed by atoms with E-state index in [-0.39, 0.29) is 0 Å². The first kappa shape index (κ1) is 13.1. The molecule has 0 unspecified atom stereocenters. The molecule has 0 atom stereocenters. The van der Waals surface area contributed by atoms with Crippen molar-refractivity contribution in [3.05, 3.63) is 12.4 Å². The van der Waals surface area contributed by atoms with Crippen molar-refractivity contribution >= 4 is 11.6 Å². The summed E-state index contributed by atoms with van der Waals surface area (Å²) in [6, 6.07) is 1.68. The van der Waals surface area contributed by atoms with Crippen molar-refractivity contribution in [1.82, 2.24) is 9.97 Å². The average Bonchev–Trinajstić information content (AvgIpc) is 2.32. The van der Waals surface area contributed by atoms with Crippen molar-refractivity contribution in [2.24, 2.45) is 5.41 Å². The number of rotatable bonds is 3. The van der Waals surface area contributed by atoms with Gasteiger partial charge < -0.3 is 16.2 Å². The van der Waals surface area contributed by atoms with Crippen LogP contribution in [0.1, 0.15) is 39.5 Å². The summed E-state index contributed by atoms with van der Waals surface area (Å²) in [5.41, 5.74) is 5.31. The van der Waals surface area contributed by atoms with E-state index in [1.54, 1.807) is 6.07 Å². The molecule has 1 saturated carbocycles. The molecule has 0 amide bonds. The Hall–Kier alpha value is -1.36. The third-order valence-corrected chi connectivity index (χ3v) is 3.82. The molecular weight excluding hydrogens is 228 g/mol. The molecule has 100 valence electrons. The molecule has 0 spiro atoms. The standard InChI is InChI=1S/C13H22N4O/c1-12(2)3-5-13(18,6-4-12)8-15-11-7-10(14)16-9-17-11/h7,9,18H,3-6,8H2,1-2H3,(H3,14,15,16,17). The topological polar surface area (TPSA) is 84.1 Å². The molecule has 0 bridgehead atoms. The monoisotopic (exact) mass is 250 g/mol. The zero-order valence-electron chi connectivity index (χ0n) is 11.1. The second-order valence-corrected chi connectivity index (χ2v) is 6.07. The Kier molecular flexibility index (Phi) is 3.43. The van der Waals surface area contributed by atoms with Gasteiger partial charge in [-0.25, -0.2) is 9.97 Å². The van der Waals surface area contributed by atoms with E-state index in [1.807, 2.05) is 0 Å². The first-order valence-electron chi connectivity index (χ1n) is 6.42. The Labute approximate surface area is 108 Å². The molecule has 1 heterocycles. The Morgan fingerprint density at radius 2 is 1.94 bits per heavy atom. The third-order valence-electron chi connectivity index (χ3n) is 3.82. The van der Waals surface area contributed by atoms with Gasteiger partial charge in [-0.15, -0.1) is 0 Å². The zero-order chi connectivity index (χ0) is 13.2. The number of nitrogen functional groups attached to an aromatic ring is 1. The Balaban J connectivity index is 1.90. The lowest BCUT2D eigenvalue weighted by Crippen LogP contribution is -2.42. The fourth-order valence-electron chi connectivity index (χ4n) is 2.29. The summed E-state index contributed by atoms with van der Waals surface area (Å²) >= 11 is 0. The van der Waals surface area contributed by atoms with E-state index in [1.165, 1.54) is 6.33 Å². The van der Waals surface area contributed by atoms with Crippen LogP contribution in [0.3, 0.4) is 0 Å². The highest BCUT2D eigenvalue weighted by Crippen LogP contribution is 2.40. The maximum atomic E-state index is 10.5. The van der Waals surface area contributed by atoms with Crippen LogP contribution >= 0.6 is 0 Å². The van der Waals surface area contributed by atoms with Gasteiger partial charge in [0, 0.05) is 12.6 Å². The van der Waals surface area contributed by atoms with Gasteiger partial charge in [0.15, 0.2) is 0 Å². The molecule has 1 aromatic heterocycles. The molecule has 18 heavy (non-hydrogen) atoms. The molecule has 0 radical (unpaired) electrons. The van der Waals surface area contributed by atoms with Gasteiger partial charge in [0.25, 0.3) is 0 Å². The van der Waals surface area contributed by atoms with Gasteiger partial charge in [0.05, 0.1) is 5.60 Å². The quantitative estimate of drug-likeness (QED) is 0.762. The molecule has 1 fully saturated rings. The number of nitrogens with two attached hydrogens (primary N) is 1. The normalized spacial score (nSPS) is 21.5. The van der Waals surface area contributed by atoms with Gasteiger partial charge in [-0.3, -0.25) is 0 Å². The fraction of sp³-hybridized carbons (Fsp3) is 0.692. The molecule has 1 aromatic rings. The summed E-state index contributed by atoms with van der Waals surface area (Å²) in [6.07, 6.45) is 5.18. The predicted molar refractivity (Wildman–Crippen MR) is 72.1 cm³/mol. The highest BCUT2D eigenvalue weighted by molar-refractivity contribution is 5.43. The van der Waals surface area contributed by atoms with E-state index < -0.39 is 5.60 Å². The predicted octanol–water partition coefficient (Wildman–Crippen LogP) is 1.80. The Morgan fingerprint density at radius 1 is 1.28 bits per heavy atom. The van der Waals surface area contributed by atoms with E-state index in [2.05, 4.69) is 29.1 Å². The highest BCUT2D eigenvalue weighted by Gasteiger charge is 2.36. The van der Waals surface area contributed by atoms with Crippen LogP contribution in [-0.2, 0) is 0 Å². The molecule has 5 nitrogen and oxygen atoms in total. The number of anilines is 2. The van der Waals surface area contributed by atoms with Crippen LogP contribution in [0, 0.1) is 5.41 Å². The van der Waals surface area contributed by atoms with Gasteiger partial charge in [0.1, 0.15) is 18.0 Å². The van der Waals surface area contributed by atoms with Gasteiger partial charge in [-0.1, -0.05) is 13.8 Å². The number of hydrogen-bond donors (Lipinski definition) is 3. The largest absolute Gasteiger partial charge is 0.388 e. The van der Waals surface area contributed by atoms with E-state index in [0.29, 0.717) is 23.6 Å². The van der Waals surface area contributed by atoms with Crippen molar-refractivity contribution in [2.45, 2.75) is 45.1 Å². The summed E-state index contributed by atoms with van der Waals surface area (Å²) in [5, 5.41) is 13.6. The molecule has 1 aliphatic rings. The molecular formula is C13H22N4O. The Morgan fingerprint density at radius 3 is 2.56 bits per heavy atom. The van der Waals surface area contributed by atoms with Gasteiger partial charge in [-0.2, -0.15) is 0 Å². The average molecular weight is 250 g/mol. The minimum absolute atomic E-state index is 0.353. The third kappa shape index (κ3) is 3.32. The molecule has 0 aliphatic heterocycles. The lowest BCUT2D eigenvalue weighted by molar-refractivity contribution is -0.0145. The van der Waals surface area contributed by atoms with Gasteiger partial charge in [0.2, 0.25) is 0 Å². The van der Waals surface area contributed by atoms with Crippen molar-refractivity contribution in [3.8, 4) is 0 Å². The maximum Gasteiger partial charge on any atom is 0.131 e. The molecule has 0 aromatic carbocycles. The van der Waals surface area contributed by atoms with Gasteiger partial charge in [-0.05, 0) is 31.1 Å². The second kappa shape index (κ2) is 4.72. The number of nitrogens with one attached hydrogen (secondary N) is 1. The molecule has 2 rings (SSSR count). The van der Waals surface area contributed by atoms with Crippen LogP contribution in [0.5, 0.6) is 0 Å². The number of aliphatic hydroxyl groups is 1. The fourth-order valence-corrected chi connectivity index (χ4v) is 2.29. The lowest BCUT2D eigenvalue weighted by atomic mass is 9.71. The first-order chi connectivity index (χ1) is 8.39. The molecule has 5 heteroatoms. The van der Waals surface area contributed by atoms with Crippen LogP contribution in [0.15, 0.2) is 12.4 Å². The smallest absolute Gasteiger partial charge is 0.131 e. The van der Waals surface area contributed by atoms with Crippen molar-refractivity contribution < 1.29 is 5.11 Å². The van der Waals surface area contributed by atoms with E-state index in [9.17, 15) is 5.11 Å². The highest BCUT2D eigenvalue weighted by atomic mass is 16.3. The number of nitrogens with zero attached hydrogens (tertiary/aromatic N) is 2. The van der Waals surface area contributed by atoms with Crippen LogP contribution in [0.25, 0.3) is 0 Å². The maximum absolute atomic E-state index is 10.5. The summed E-state index contributed by atoms with van der Waals surface area (Å²) in [5.74, 6) is 1.10. The summed E-state index contributed by atoms with van der Waals surface area (Å²) in [6.45, 7) is 5.02. The van der Waals surface area contributed by atoms with Crippen LogP contribution < -0.4 is 11.1 Å². The summed E-state index contributed by atoms with van der Waals surface area (Å²) < 4.78 is 0. The zero-order valence-corrected chi connectivity index (χ0v) is 11.1. The second-order valence-electron chi connectivity index (χ2n) is 6.07. The van der Waals surface area contributed by atoms with Gasteiger partial charge >= 0.3 is 0 Å². The van der Waals surface area contributed by atoms with E-state index in [4.69, 9.17) is 5.73 Å². The molecule has 4 N–H and O–H groups in total. The summed E-state index contributed by atoms with van der Waals surface area (Å²) in [7, 11) is 0. The lowest BCUT2D eigenvalue weighted by Gasteiger charge is -2.40.